The van der Waals surface area contributed by atoms with E-state index >= 15 is 0 Å². The van der Waals surface area contributed by atoms with Crippen LogP contribution in [0.4, 0.5) is 0 Å². The normalized spacial score (nSPS) is 14.0. The molecule has 0 bridgehead atoms. The molecule has 0 fully saturated rings. The molecule has 3 heteroatoms. The van der Waals surface area contributed by atoms with Crippen LogP contribution in [0.5, 0.6) is 0 Å². The summed E-state index contributed by atoms with van der Waals surface area (Å²) in [6.07, 6.45) is 4.09. The Bertz CT molecular complexity index is 229. The van der Waals surface area contributed by atoms with E-state index in [-0.39, 0.29) is 16.7 Å². The number of nitrogens with two attached hydrogens (primary N) is 1. The zero-order valence-electron chi connectivity index (χ0n) is 13.4. The van der Waals surface area contributed by atoms with Crippen molar-refractivity contribution < 1.29 is 9.47 Å². The molecule has 2 N–H and O–H groups in total. The van der Waals surface area contributed by atoms with Crippen molar-refractivity contribution in [2.75, 3.05) is 13.7 Å². The average molecular weight is 259 g/mol. The van der Waals surface area contributed by atoms with Crippen molar-refractivity contribution in [3.8, 4) is 0 Å². The molecule has 0 aliphatic rings. The van der Waals surface area contributed by atoms with Gasteiger partial charge in [0, 0.05) is 12.6 Å². The standard InChI is InChI=1S/C15H33NO2/c1-13(2,16)9-8-10-15(5,6)18-12-11-14(3,4)17-7/h8-12,16H2,1-7H3. The highest BCUT2D eigenvalue weighted by Crippen LogP contribution is 2.22. The van der Waals surface area contributed by atoms with Crippen LogP contribution in [0.3, 0.4) is 0 Å². The fourth-order valence-corrected chi connectivity index (χ4v) is 1.72. The molecule has 0 aromatic carbocycles. The molecule has 18 heavy (non-hydrogen) atoms. The monoisotopic (exact) mass is 259 g/mol. The van der Waals surface area contributed by atoms with E-state index in [9.17, 15) is 0 Å². The summed E-state index contributed by atoms with van der Waals surface area (Å²) in [4.78, 5) is 0. The lowest BCUT2D eigenvalue weighted by atomic mass is 9.93. The van der Waals surface area contributed by atoms with E-state index in [4.69, 9.17) is 15.2 Å². The third-order valence-electron chi connectivity index (χ3n) is 3.35. The van der Waals surface area contributed by atoms with Crippen molar-refractivity contribution in [2.45, 2.75) is 84.0 Å². The summed E-state index contributed by atoms with van der Waals surface area (Å²) in [5.74, 6) is 0. The first kappa shape index (κ1) is 17.9. The van der Waals surface area contributed by atoms with E-state index in [1.165, 1.54) is 0 Å². The van der Waals surface area contributed by atoms with E-state index < -0.39 is 0 Å². The van der Waals surface area contributed by atoms with Crippen molar-refractivity contribution in [3.63, 3.8) is 0 Å². The van der Waals surface area contributed by atoms with Crippen molar-refractivity contribution in [1.82, 2.24) is 0 Å². The molecule has 110 valence electrons. The van der Waals surface area contributed by atoms with Crippen LogP contribution in [0.15, 0.2) is 0 Å². The third kappa shape index (κ3) is 9.86. The SMILES string of the molecule is COC(C)(C)CCOC(C)(C)CCCC(C)(C)N. The van der Waals surface area contributed by atoms with Crippen molar-refractivity contribution in [2.24, 2.45) is 5.73 Å². The zero-order chi connectivity index (χ0) is 14.4. The van der Waals surface area contributed by atoms with Gasteiger partial charge in [-0.05, 0) is 67.2 Å². The largest absolute Gasteiger partial charge is 0.379 e. The summed E-state index contributed by atoms with van der Waals surface area (Å²) >= 11 is 0. The van der Waals surface area contributed by atoms with E-state index in [2.05, 4.69) is 41.5 Å². The van der Waals surface area contributed by atoms with E-state index in [1.807, 2.05) is 0 Å². The highest BCUT2D eigenvalue weighted by molar-refractivity contribution is 4.76. The summed E-state index contributed by atoms with van der Waals surface area (Å²) in [5, 5.41) is 0. The summed E-state index contributed by atoms with van der Waals surface area (Å²) in [6.45, 7) is 13.3. The Labute approximate surface area is 113 Å². The first-order valence-corrected chi connectivity index (χ1v) is 6.95. The van der Waals surface area contributed by atoms with Gasteiger partial charge in [0.2, 0.25) is 0 Å². The highest BCUT2D eigenvalue weighted by Gasteiger charge is 2.22. The Morgan fingerprint density at radius 1 is 0.833 bits per heavy atom. The smallest absolute Gasteiger partial charge is 0.0644 e. The van der Waals surface area contributed by atoms with Gasteiger partial charge in [0.15, 0.2) is 0 Å². The molecular weight excluding hydrogens is 226 g/mol. The van der Waals surface area contributed by atoms with Gasteiger partial charge < -0.3 is 15.2 Å². The summed E-state index contributed by atoms with van der Waals surface area (Å²) < 4.78 is 11.3. The highest BCUT2D eigenvalue weighted by atomic mass is 16.5. The minimum absolute atomic E-state index is 0.0743. The van der Waals surface area contributed by atoms with Crippen LogP contribution in [0, 0.1) is 0 Å². The van der Waals surface area contributed by atoms with Gasteiger partial charge in [-0.25, -0.2) is 0 Å². The van der Waals surface area contributed by atoms with E-state index in [0.29, 0.717) is 0 Å². The minimum Gasteiger partial charge on any atom is -0.379 e. The summed E-state index contributed by atoms with van der Waals surface area (Å²) in [6, 6.07) is 0. The quantitative estimate of drug-likeness (QED) is 0.689. The predicted molar refractivity (Wildman–Crippen MR) is 77.9 cm³/mol. The van der Waals surface area contributed by atoms with E-state index in [1.54, 1.807) is 7.11 Å². The molecule has 0 unspecified atom stereocenters. The molecule has 0 aliphatic heterocycles. The fraction of sp³-hybridized carbons (Fsp3) is 1.00. The lowest BCUT2D eigenvalue weighted by Crippen LogP contribution is -2.33. The van der Waals surface area contributed by atoms with Gasteiger partial charge in [-0.2, -0.15) is 0 Å². The topological polar surface area (TPSA) is 44.5 Å². The third-order valence-corrected chi connectivity index (χ3v) is 3.35. The molecular formula is C15H33NO2. The van der Waals surface area contributed by atoms with Crippen LogP contribution in [0.25, 0.3) is 0 Å². The zero-order valence-corrected chi connectivity index (χ0v) is 13.4. The second-order valence-corrected chi connectivity index (χ2v) is 7.16. The van der Waals surface area contributed by atoms with Crippen LogP contribution in [-0.2, 0) is 9.47 Å². The molecule has 0 aliphatic carbocycles. The van der Waals surface area contributed by atoms with Crippen molar-refractivity contribution in [3.05, 3.63) is 0 Å². The van der Waals surface area contributed by atoms with Gasteiger partial charge in [0.05, 0.1) is 17.8 Å². The molecule has 0 spiro atoms. The minimum atomic E-state index is -0.102. The Morgan fingerprint density at radius 3 is 1.83 bits per heavy atom. The maximum atomic E-state index is 5.98. The first-order chi connectivity index (χ1) is 7.97. The number of hydrogen-bond acceptors (Lipinski definition) is 3. The average Bonchev–Trinajstić information content (AvgIpc) is 2.14. The molecule has 3 nitrogen and oxygen atoms in total. The van der Waals surface area contributed by atoms with Crippen molar-refractivity contribution in [1.29, 1.82) is 0 Å². The molecule has 0 amide bonds. The number of rotatable bonds is 9. The van der Waals surface area contributed by atoms with Crippen LogP contribution in [-0.4, -0.2) is 30.5 Å². The lowest BCUT2D eigenvalue weighted by molar-refractivity contribution is -0.0621. The molecule has 0 rings (SSSR count). The number of hydrogen-bond donors (Lipinski definition) is 1. The van der Waals surface area contributed by atoms with Gasteiger partial charge >= 0.3 is 0 Å². The molecule has 0 saturated carbocycles. The second-order valence-electron chi connectivity index (χ2n) is 7.16. The summed E-state index contributed by atoms with van der Waals surface area (Å²) in [7, 11) is 1.74. The first-order valence-electron chi connectivity index (χ1n) is 6.95. The van der Waals surface area contributed by atoms with Crippen LogP contribution in [0.1, 0.15) is 67.2 Å². The van der Waals surface area contributed by atoms with E-state index in [0.717, 1.165) is 32.3 Å². The Kier molecular flexibility index (Phi) is 6.83. The number of ether oxygens (including phenoxy) is 2. The molecule has 0 atom stereocenters. The van der Waals surface area contributed by atoms with Gasteiger partial charge in [-0.15, -0.1) is 0 Å². The predicted octanol–water partition coefficient (Wildman–Crippen LogP) is 3.50. The maximum absolute atomic E-state index is 5.98. The molecule has 0 aromatic heterocycles. The van der Waals surface area contributed by atoms with Crippen LogP contribution < -0.4 is 5.73 Å². The van der Waals surface area contributed by atoms with Gasteiger partial charge in [0.25, 0.3) is 0 Å². The molecule has 0 saturated heterocycles. The Balaban J connectivity index is 3.87. The molecule has 0 radical (unpaired) electrons. The molecule has 0 aromatic rings. The lowest BCUT2D eigenvalue weighted by Gasteiger charge is -2.29. The van der Waals surface area contributed by atoms with Crippen LogP contribution >= 0.6 is 0 Å². The Hall–Kier alpha value is -0.120. The van der Waals surface area contributed by atoms with Gasteiger partial charge in [-0.3, -0.25) is 0 Å². The van der Waals surface area contributed by atoms with Crippen molar-refractivity contribution >= 4 is 0 Å². The number of methoxy groups -OCH3 is 1. The summed E-state index contributed by atoms with van der Waals surface area (Å²) in [5.41, 5.74) is 5.73. The van der Waals surface area contributed by atoms with Crippen LogP contribution in [0.2, 0.25) is 0 Å². The van der Waals surface area contributed by atoms with Gasteiger partial charge in [0.1, 0.15) is 0 Å². The van der Waals surface area contributed by atoms with Gasteiger partial charge in [-0.1, -0.05) is 0 Å². The fourth-order valence-electron chi connectivity index (χ4n) is 1.72. The molecule has 0 heterocycles. The Morgan fingerprint density at radius 2 is 1.39 bits per heavy atom. The second kappa shape index (κ2) is 6.88. The maximum Gasteiger partial charge on any atom is 0.0644 e.